The molecule has 0 spiro atoms. The van der Waals surface area contributed by atoms with Gasteiger partial charge >= 0.3 is 0 Å². The molecular formula is C32H31ClN2O3. The first-order valence-electron chi connectivity index (χ1n) is 12.6. The summed E-state index contributed by atoms with van der Waals surface area (Å²) in [4.78, 5) is 29.2. The molecule has 1 N–H and O–H groups in total. The van der Waals surface area contributed by atoms with Crippen molar-refractivity contribution in [2.24, 2.45) is 0 Å². The fraction of sp³-hybridized carbons (Fsp3) is 0.188. The minimum atomic E-state index is -0.797. The summed E-state index contributed by atoms with van der Waals surface area (Å²) in [5.41, 5.74) is 3.66. The van der Waals surface area contributed by atoms with Crippen molar-refractivity contribution in [1.82, 2.24) is 10.2 Å². The summed E-state index contributed by atoms with van der Waals surface area (Å²) in [6.45, 7) is 0.611. The molecule has 4 rings (SSSR count). The van der Waals surface area contributed by atoms with E-state index in [1.165, 1.54) is 0 Å². The molecule has 0 heterocycles. The van der Waals surface area contributed by atoms with Crippen LogP contribution in [0.15, 0.2) is 109 Å². The van der Waals surface area contributed by atoms with Gasteiger partial charge in [-0.25, -0.2) is 0 Å². The van der Waals surface area contributed by atoms with Crippen LogP contribution in [-0.4, -0.2) is 23.8 Å². The number of methoxy groups -OCH3 is 1. The molecule has 4 aromatic rings. The average molecular weight is 527 g/mol. The number of amides is 2. The van der Waals surface area contributed by atoms with Crippen LogP contribution in [0.2, 0.25) is 5.02 Å². The Hall–Kier alpha value is -4.09. The number of rotatable bonds is 11. The molecule has 4 aromatic carbocycles. The van der Waals surface area contributed by atoms with Crippen molar-refractivity contribution in [3.05, 3.63) is 136 Å². The number of nitrogens with one attached hydrogen (secondary N) is 1. The Morgan fingerprint density at radius 3 is 2.03 bits per heavy atom. The van der Waals surface area contributed by atoms with Crippen LogP contribution in [0.5, 0.6) is 5.75 Å². The smallest absolute Gasteiger partial charge is 0.247 e. The molecule has 0 saturated heterocycles. The number of ether oxygens (including phenoxy) is 1. The summed E-state index contributed by atoms with van der Waals surface area (Å²) in [5.74, 6) is 0.393. The van der Waals surface area contributed by atoms with E-state index < -0.39 is 6.04 Å². The Labute approximate surface area is 229 Å². The molecule has 0 fully saturated rings. The molecule has 2 amide bonds. The van der Waals surface area contributed by atoms with Crippen molar-refractivity contribution in [3.8, 4) is 5.75 Å². The molecule has 0 aliphatic rings. The standard InChI is InChI=1S/C32H31ClN2O3/c1-38-29-19-14-26(15-20-29)23-35(30(36)21-16-24-8-4-2-5-9-24)31(27-10-6-3-7-11-27)32(37)34-22-25-12-17-28(33)18-13-25/h2-15,17-20,31H,16,21-23H2,1H3,(H,34,37)/t31-/m0/s1. The van der Waals surface area contributed by atoms with Gasteiger partial charge in [0.15, 0.2) is 0 Å². The number of hydrogen-bond donors (Lipinski definition) is 1. The molecular weight excluding hydrogens is 496 g/mol. The highest BCUT2D eigenvalue weighted by molar-refractivity contribution is 6.30. The van der Waals surface area contributed by atoms with Gasteiger partial charge in [-0.05, 0) is 52.9 Å². The number of carbonyl (C=O) groups excluding carboxylic acids is 2. The number of nitrogens with zero attached hydrogens (tertiary/aromatic N) is 1. The second kappa shape index (κ2) is 13.5. The van der Waals surface area contributed by atoms with E-state index in [1.807, 2.05) is 97.1 Å². The minimum absolute atomic E-state index is 0.0971. The third-order valence-electron chi connectivity index (χ3n) is 6.36. The lowest BCUT2D eigenvalue weighted by atomic mass is 10.0. The van der Waals surface area contributed by atoms with Gasteiger partial charge in [-0.1, -0.05) is 96.5 Å². The van der Waals surface area contributed by atoms with Crippen LogP contribution in [0.25, 0.3) is 0 Å². The Morgan fingerprint density at radius 1 is 0.789 bits per heavy atom. The van der Waals surface area contributed by atoms with E-state index in [1.54, 1.807) is 24.1 Å². The highest BCUT2D eigenvalue weighted by Crippen LogP contribution is 2.26. The zero-order valence-electron chi connectivity index (χ0n) is 21.3. The third-order valence-corrected chi connectivity index (χ3v) is 6.61. The second-order valence-electron chi connectivity index (χ2n) is 9.01. The van der Waals surface area contributed by atoms with Gasteiger partial charge in [-0.15, -0.1) is 0 Å². The van der Waals surface area contributed by atoms with E-state index in [2.05, 4.69) is 5.32 Å². The van der Waals surface area contributed by atoms with Gasteiger partial charge in [0.05, 0.1) is 7.11 Å². The van der Waals surface area contributed by atoms with Crippen molar-refractivity contribution in [2.45, 2.75) is 32.0 Å². The lowest BCUT2D eigenvalue weighted by Gasteiger charge is -2.32. The van der Waals surface area contributed by atoms with Crippen LogP contribution in [0, 0.1) is 0 Å². The van der Waals surface area contributed by atoms with E-state index in [0.29, 0.717) is 18.0 Å². The molecule has 38 heavy (non-hydrogen) atoms. The van der Waals surface area contributed by atoms with Crippen molar-refractivity contribution in [3.63, 3.8) is 0 Å². The molecule has 5 nitrogen and oxygen atoms in total. The Morgan fingerprint density at radius 2 is 1.39 bits per heavy atom. The maximum absolute atomic E-state index is 13.8. The zero-order valence-corrected chi connectivity index (χ0v) is 22.1. The number of halogens is 1. The minimum Gasteiger partial charge on any atom is -0.497 e. The van der Waals surface area contributed by atoms with Crippen LogP contribution >= 0.6 is 11.6 Å². The van der Waals surface area contributed by atoms with Gasteiger partial charge in [0, 0.05) is 24.5 Å². The summed E-state index contributed by atoms with van der Waals surface area (Å²) >= 11 is 6.01. The monoisotopic (exact) mass is 526 g/mol. The van der Waals surface area contributed by atoms with Crippen molar-refractivity contribution in [1.29, 1.82) is 0 Å². The summed E-state index contributed by atoms with van der Waals surface area (Å²) in [6, 6.07) is 33.4. The summed E-state index contributed by atoms with van der Waals surface area (Å²) in [7, 11) is 1.62. The average Bonchev–Trinajstić information content (AvgIpc) is 2.96. The van der Waals surface area contributed by atoms with Crippen LogP contribution in [0.1, 0.15) is 34.7 Å². The maximum Gasteiger partial charge on any atom is 0.247 e. The predicted molar refractivity (Wildman–Crippen MR) is 151 cm³/mol. The van der Waals surface area contributed by atoms with E-state index in [4.69, 9.17) is 16.3 Å². The SMILES string of the molecule is COc1ccc(CN(C(=O)CCc2ccccc2)[C@H](C(=O)NCc2ccc(Cl)cc2)c2ccccc2)cc1. The molecule has 1 atom stereocenters. The first kappa shape index (κ1) is 27.0. The van der Waals surface area contributed by atoms with Gasteiger partial charge in [0.25, 0.3) is 0 Å². The lowest BCUT2D eigenvalue weighted by molar-refractivity contribution is -0.141. The summed E-state index contributed by atoms with van der Waals surface area (Å²) in [5, 5.41) is 3.67. The van der Waals surface area contributed by atoms with Crippen LogP contribution < -0.4 is 10.1 Å². The van der Waals surface area contributed by atoms with Crippen molar-refractivity contribution < 1.29 is 14.3 Å². The van der Waals surface area contributed by atoms with Gasteiger partial charge < -0.3 is 15.0 Å². The largest absolute Gasteiger partial charge is 0.497 e. The van der Waals surface area contributed by atoms with E-state index >= 15 is 0 Å². The quantitative estimate of drug-likeness (QED) is 0.247. The Kier molecular flexibility index (Phi) is 9.54. The van der Waals surface area contributed by atoms with Gasteiger partial charge in [0.2, 0.25) is 11.8 Å². The van der Waals surface area contributed by atoms with E-state index in [0.717, 1.165) is 28.0 Å². The molecule has 0 aromatic heterocycles. The number of benzene rings is 4. The molecule has 0 unspecified atom stereocenters. The number of aryl methyl sites for hydroxylation is 1. The van der Waals surface area contributed by atoms with Gasteiger partial charge in [0.1, 0.15) is 11.8 Å². The molecule has 0 aliphatic carbocycles. The topological polar surface area (TPSA) is 58.6 Å². The zero-order chi connectivity index (χ0) is 26.7. The molecule has 194 valence electrons. The van der Waals surface area contributed by atoms with Crippen molar-refractivity contribution >= 4 is 23.4 Å². The van der Waals surface area contributed by atoms with Crippen LogP contribution in [-0.2, 0) is 29.1 Å². The molecule has 0 bridgehead atoms. The first-order valence-corrected chi connectivity index (χ1v) is 12.9. The molecule has 0 radical (unpaired) electrons. The Bertz CT molecular complexity index is 1310. The van der Waals surface area contributed by atoms with Gasteiger partial charge in [-0.3, -0.25) is 9.59 Å². The number of carbonyl (C=O) groups is 2. The summed E-state index contributed by atoms with van der Waals surface area (Å²) in [6.07, 6.45) is 0.876. The predicted octanol–water partition coefficient (Wildman–Crippen LogP) is 6.37. The fourth-order valence-electron chi connectivity index (χ4n) is 4.29. The molecule has 6 heteroatoms. The highest BCUT2D eigenvalue weighted by atomic mass is 35.5. The van der Waals surface area contributed by atoms with E-state index in [-0.39, 0.29) is 24.8 Å². The third kappa shape index (κ3) is 7.46. The van der Waals surface area contributed by atoms with Crippen LogP contribution in [0.3, 0.4) is 0 Å². The second-order valence-corrected chi connectivity index (χ2v) is 9.45. The number of hydrogen-bond acceptors (Lipinski definition) is 3. The fourth-order valence-corrected chi connectivity index (χ4v) is 4.41. The van der Waals surface area contributed by atoms with Crippen molar-refractivity contribution in [2.75, 3.05) is 7.11 Å². The molecule has 0 aliphatic heterocycles. The Balaban J connectivity index is 1.62. The first-order chi connectivity index (χ1) is 18.5. The maximum atomic E-state index is 13.8. The normalized spacial score (nSPS) is 11.4. The van der Waals surface area contributed by atoms with Crippen LogP contribution in [0.4, 0.5) is 0 Å². The highest BCUT2D eigenvalue weighted by Gasteiger charge is 2.31. The molecule has 0 saturated carbocycles. The summed E-state index contributed by atoms with van der Waals surface area (Å²) < 4.78 is 5.29. The lowest BCUT2D eigenvalue weighted by Crippen LogP contribution is -2.43. The van der Waals surface area contributed by atoms with E-state index in [9.17, 15) is 9.59 Å². The van der Waals surface area contributed by atoms with Gasteiger partial charge in [-0.2, -0.15) is 0 Å².